The van der Waals surface area contributed by atoms with Crippen LogP contribution in [0.3, 0.4) is 0 Å². The van der Waals surface area contributed by atoms with Crippen molar-refractivity contribution in [2.75, 3.05) is 20.7 Å². The molecule has 0 heterocycles. The molecule has 0 radical (unpaired) electrons. The number of hydrogen-bond donors (Lipinski definition) is 1. The van der Waals surface area contributed by atoms with Crippen molar-refractivity contribution in [2.24, 2.45) is 0 Å². The van der Waals surface area contributed by atoms with Gasteiger partial charge < -0.3 is 14.7 Å². The molecule has 1 amide bonds. The van der Waals surface area contributed by atoms with E-state index in [0.717, 1.165) is 11.3 Å². The lowest BCUT2D eigenvalue weighted by Gasteiger charge is -2.15. The van der Waals surface area contributed by atoms with E-state index in [1.165, 1.54) is 6.08 Å². The number of hydrogen-bond acceptors (Lipinski definition) is 3. The maximum absolute atomic E-state index is 11.8. The molecule has 0 fully saturated rings. The van der Waals surface area contributed by atoms with Gasteiger partial charge >= 0.3 is 0 Å². The molecule has 0 spiro atoms. The molecule has 1 aromatic rings. The lowest BCUT2D eigenvalue weighted by molar-refractivity contribution is -0.124. The number of nitrogens with zero attached hydrogens (tertiary/aromatic N) is 1. The molecular weight excluding hydrogens is 242 g/mol. The van der Waals surface area contributed by atoms with Gasteiger partial charge in [-0.3, -0.25) is 4.79 Å². The minimum Gasteiger partial charge on any atom is -0.497 e. The fraction of sp³-hybridized carbons (Fsp3) is 0.400. The van der Waals surface area contributed by atoms with Crippen molar-refractivity contribution < 1.29 is 14.6 Å². The molecule has 0 bridgehead atoms. The summed E-state index contributed by atoms with van der Waals surface area (Å²) >= 11 is 0. The number of amides is 1. The molecule has 104 valence electrons. The Kier molecular flexibility index (Phi) is 6.09. The molecule has 0 aliphatic carbocycles. The third kappa shape index (κ3) is 5.57. The molecule has 4 heteroatoms. The van der Waals surface area contributed by atoms with Gasteiger partial charge in [0.1, 0.15) is 5.75 Å². The molecule has 0 aromatic heterocycles. The first kappa shape index (κ1) is 15.2. The zero-order valence-corrected chi connectivity index (χ0v) is 11.7. The number of likely N-dealkylation sites (N-methyl/N-ethyl adjacent to an activating group) is 1. The largest absolute Gasteiger partial charge is 0.497 e. The van der Waals surface area contributed by atoms with Crippen LogP contribution in [0, 0.1) is 0 Å². The predicted octanol–water partition coefficient (Wildman–Crippen LogP) is 1.94. The van der Waals surface area contributed by atoms with E-state index in [2.05, 4.69) is 0 Å². The van der Waals surface area contributed by atoms with Gasteiger partial charge in [0.25, 0.3) is 0 Å². The molecule has 0 aliphatic rings. The second-order valence-corrected chi connectivity index (χ2v) is 4.51. The Labute approximate surface area is 114 Å². The Morgan fingerprint density at radius 3 is 2.89 bits per heavy atom. The van der Waals surface area contributed by atoms with Crippen molar-refractivity contribution >= 4 is 12.0 Å². The van der Waals surface area contributed by atoms with Crippen LogP contribution in [0.5, 0.6) is 5.75 Å². The highest BCUT2D eigenvalue weighted by atomic mass is 16.5. The lowest BCUT2D eigenvalue weighted by atomic mass is 10.2. The van der Waals surface area contributed by atoms with Crippen molar-refractivity contribution in [2.45, 2.75) is 19.4 Å². The van der Waals surface area contributed by atoms with Crippen LogP contribution in [0.15, 0.2) is 30.3 Å². The van der Waals surface area contributed by atoms with Gasteiger partial charge in [-0.15, -0.1) is 0 Å². The Morgan fingerprint density at radius 1 is 1.53 bits per heavy atom. The maximum atomic E-state index is 11.8. The summed E-state index contributed by atoms with van der Waals surface area (Å²) in [5, 5.41) is 9.18. The van der Waals surface area contributed by atoms with Crippen molar-refractivity contribution in [1.82, 2.24) is 4.90 Å². The first-order valence-corrected chi connectivity index (χ1v) is 6.28. The van der Waals surface area contributed by atoms with Gasteiger partial charge in [-0.2, -0.15) is 0 Å². The van der Waals surface area contributed by atoms with Crippen LogP contribution in [0.1, 0.15) is 18.9 Å². The van der Waals surface area contributed by atoms with Crippen LogP contribution in [-0.4, -0.2) is 42.7 Å². The van der Waals surface area contributed by atoms with Crippen LogP contribution in [-0.2, 0) is 4.79 Å². The van der Waals surface area contributed by atoms with Crippen LogP contribution < -0.4 is 4.74 Å². The van der Waals surface area contributed by atoms with Crippen molar-refractivity contribution in [1.29, 1.82) is 0 Å². The molecule has 4 nitrogen and oxygen atoms in total. The van der Waals surface area contributed by atoms with Crippen LogP contribution in [0.4, 0.5) is 0 Å². The number of carbonyl (C=O) groups is 1. The smallest absolute Gasteiger partial charge is 0.246 e. The Balaban J connectivity index is 2.57. The highest BCUT2D eigenvalue weighted by molar-refractivity contribution is 5.91. The summed E-state index contributed by atoms with van der Waals surface area (Å²) in [5.74, 6) is 0.681. The van der Waals surface area contributed by atoms with Gasteiger partial charge in [0.2, 0.25) is 5.91 Å². The second kappa shape index (κ2) is 7.59. The molecule has 1 unspecified atom stereocenters. The van der Waals surface area contributed by atoms with E-state index in [-0.39, 0.29) is 5.91 Å². The Morgan fingerprint density at radius 2 is 2.26 bits per heavy atom. The average Bonchev–Trinajstić information content (AvgIpc) is 2.42. The van der Waals surface area contributed by atoms with E-state index in [1.54, 1.807) is 32.1 Å². The third-order valence-electron chi connectivity index (χ3n) is 2.77. The minimum absolute atomic E-state index is 0.0801. The van der Waals surface area contributed by atoms with E-state index >= 15 is 0 Å². The second-order valence-electron chi connectivity index (χ2n) is 4.51. The summed E-state index contributed by atoms with van der Waals surface area (Å²) in [7, 11) is 3.33. The first-order chi connectivity index (χ1) is 9.02. The number of aliphatic hydroxyl groups excluding tert-OH is 1. The molecule has 1 atom stereocenters. The Hall–Kier alpha value is -1.81. The van der Waals surface area contributed by atoms with Crippen molar-refractivity contribution in [3.63, 3.8) is 0 Å². The molecular formula is C15H21NO3. The van der Waals surface area contributed by atoms with Gasteiger partial charge in [0.15, 0.2) is 0 Å². The van der Waals surface area contributed by atoms with Crippen molar-refractivity contribution in [3.8, 4) is 5.75 Å². The van der Waals surface area contributed by atoms with Gasteiger partial charge in [-0.05, 0) is 37.1 Å². The number of carbonyl (C=O) groups excluding carboxylic acids is 1. The van der Waals surface area contributed by atoms with Crippen LogP contribution >= 0.6 is 0 Å². The standard InChI is InChI=1S/C15H21NO3/c1-12(17)9-10-16(2)15(18)8-7-13-5-4-6-14(11-13)19-3/h4-8,11-12,17H,9-10H2,1-3H3/b8-7+. The van der Waals surface area contributed by atoms with Gasteiger partial charge in [-0.1, -0.05) is 12.1 Å². The minimum atomic E-state index is -0.391. The van der Waals surface area contributed by atoms with E-state index in [4.69, 9.17) is 4.74 Å². The highest BCUT2D eigenvalue weighted by Gasteiger charge is 2.06. The summed E-state index contributed by atoms with van der Waals surface area (Å²) in [5.41, 5.74) is 0.914. The molecule has 0 aliphatic heterocycles. The van der Waals surface area contributed by atoms with E-state index < -0.39 is 6.10 Å². The number of ether oxygens (including phenoxy) is 1. The predicted molar refractivity (Wildman–Crippen MR) is 76.0 cm³/mol. The van der Waals surface area contributed by atoms with Gasteiger partial charge in [0, 0.05) is 19.7 Å². The number of rotatable bonds is 6. The summed E-state index contributed by atoms with van der Waals surface area (Å²) in [6.07, 6.45) is 3.47. The third-order valence-corrected chi connectivity index (χ3v) is 2.77. The van der Waals surface area contributed by atoms with Gasteiger partial charge in [-0.25, -0.2) is 0 Å². The van der Waals surface area contributed by atoms with E-state index in [0.29, 0.717) is 13.0 Å². The summed E-state index contributed by atoms with van der Waals surface area (Å²) in [6.45, 7) is 2.25. The lowest BCUT2D eigenvalue weighted by Crippen LogP contribution is -2.27. The molecule has 19 heavy (non-hydrogen) atoms. The number of benzene rings is 1. The monoisotopic (exact) mass is 263 g/mol. The molecule has 1 aromatic carbocycles. The molecule has 1 rings (SSSR count). The van der Waals surface area contributed by atoms with Gasteiger partial charge in [0.05, 0.1) is 13.2 Å². The summed E-state index contributed by atoms with van der Waals surface area (Å²) in [4.78, 5) is 13.4. The molecule has 1 N–H and O–H groups in total. The number of aliphatic hydroxyl groups is 1. The topological polar surface area (TPSA) is 49.8 Å². The summed E-state index contributed by atoms with van der Waals surface area (Å²) in [6, 6.07) is 7.50. The summed E-state index contributed by atoms with van der Waals surface area (Å²) < 4.78 is 5.12. The van der Waals surface area contributed by atoms with E-state index in [1.807, 2.05) is 24.3 Å². The fourth-order valence-corrected chi connectivity index (χ4v) is 1.53. The van der Waals surface area contributed by atoms with Crippen LogP contribution in [0.2, 0.25) is 0 Å². The zero-order valence-electron chi connectivity index (χ0n) is 11.7. The normalized spacial score (nSPS) is 12.4. The fourth-order valence-electron chi connectivity index (χ4n) is 1.53. The van der Waals surface area contributed by atoms with Crippen LogP contribution in [0.25, 0.3) is 6.08 Å². The van der Waals surface area contributed by atoms with E-state index in [9.17, 15) is 9.90 Å². The quantitative estimate of drug-likeness (QED) is 0.798. The first-order valence-electron chi connectivity index (χ1n) is 6.28. The number of methoxy groups -OCH3 is 1. The zero-order chi connectivity index (χ0) is 14.3. The SMILES string of the molecule is COc1cccc(/C=C/C(=O)N(C)CCC(C)O)c1. The molecule has 0 saturated carbocycles. The molecule has 0 saturated heterocycles. The Bertz CT molecular complexity index is 441. The highest BCUT2D eigenvalue weighted by Crippen LogP contribution is 2.13. The maximum Gasteiger partial charge on any atom is 0.246 e. The van der Waals surface area contributed by atoms with Crippen molar-refractivity contribution in [3.05, 3.63) is 35.9 Å². The average molecular weight is 263 g/mol.